The van der Waals surface area contributed by atoms with Gasteiger partial charge in [0.1, 0.15) is 11.8 Å². The first-order chi connectivity index (χ1) is 14.7. The van der Waals surface area contributed by atoms with E-state index in [1.807, 2.05) is 6.92 Å². The smallest absolute Gasteiger partial charge is 0.261 e. The molecule has 0 saturated carbocycles. The van der Waals surface area contributed by atoms with Crippen LogP contribution in [-0.2, 0) is 16.1 Å². The van der Waals surface area contributed by atoms with Crippen molar-refractivity contribution in [3.63, 3.8) is 0 Å². The predicted molar refractivity (Wildman–Crippen MR) is 129 cm³/mol. The Labute approximate surface area is 206 Å². The zero-order chi connectivity index (χ0) is 23.0. The molecular weight excluding hydrogens is 527 g/mol. The first-order valence-electron chi connectivity index (χ1n) is 9.82. The summed E-state index contributed by atoms with van der Waals surface area (Å²) in [6, 6.07) is 9.37. The van der Waals surface area contributed by atoms with Crippen molar-refractivity contribution in [3.8, 4) is 5.75 Å². The van der Waals surface area contributed by atoms with Gasteiger partial charge in [-0.05, 0) is 59.6 Å². The second-order valence-electron chi connectivity index (χ2n) is 6.91. The van der Waals surface area contributed by atoms with Gasteiger partial charge in [0.25, 0.3) is 5.91 Å². The number of hydrogen-bond donors (Lipinski definition) is 1. The largest absolute Gasteiger partial charge is 0.483 e. The first kappa shape index (κ1) is 25.8. The number of ether oxygens (including phenoxy) is 1. The Bertz CT molecular complexity index is 907. The molecule has 2 aromatic rings. The van der Waals surface area contributed by atoms with Gasteiger partial charge in [0, 0.05) is 33.7 Å². The molecule has 0 radical (unpaired) electrons. The molecule has 0 aliphatic rings. The number of unbranched alkanes of at least 4 members (excludes halogenated alkanes) is 1. The van der Waals surface area contributed by atoms with E-state index in [1.165, 1.54) is 4.90 Å². The minimum atomic E-state index is -0.742. The van der Waals surface area contributed by atoms with E-state index in [4.69, 9.17) is 39.5 Å². The lowest BCUT2D eigenvalue weighted by Gasteiger charge is -2.29. The molecule has 31 heavy (non-hydrogen) atoms. The van der Waals surface area contributed by atoms with Gasteiger partial charge in [0.2, 0.25) is 5.91 Å². The summed E-state index contributed by atoms with van der Waals surface area (Å²) in [6.45, 7) is 4.06. The molecular formula is C22H24BrCl3N2O3. The number of hydrogen-bond acceptors (Lipinski definition) is 3. The van der Waals surface area contributed by atoms with E-state index in [0.29, 0.717) is 37.4 Å². The Morgan fingerprint density at radius 2 is 1.84 bits per heavy atom. The van der Waals surface area contributed by atoms with Crippen LogP contribution in [-0.4, -0.2) is 35.9 Å². The Morgan fingerprint density at radius 3 is 2.45 bits per heavy atom. The number of carbonyl (C=O) groups is 2. The lowest BCUT2D eigenvalue weighted by molar-refractivity contribution is -0.142. The van der Waals surface area contributed by atoms with Gasteiger partial charge in [-0.15, -0.1) is 0 Å². The van der Waals surface area contributed by atoms with Crippen LogP contribution in [0.15, 0.2) is 40.9 Å². The van der Waals surface area contributed by atoms with E-state index < -0.39 is 6.04 Å². The average Bonchev–Trinajstić information content (AvgIpc) is 2.72. The number of nitrogens with zero attached hydrogens (tertiary/aromatic N) is 1. The second kappa shape index (κ2) is 12.5. The molecule has 0 unspecified atom stereocenters. The maximum Gasteiger partial charge on any atom is 0.261 e. The number of rotatable bonds is 10. The van der Waals surface area contributed by atoms with Gasteiger partial charge in [-0.25, -0.2) is 0 Å². The van der Waals surface area contributed by atoms with Crippen molar-refractivity contribution in [1.82, 2.24) is 10.2 Å². The summed E-state index contributed by atoms with van der Waals surface area (Å²) in [7, 11) is 0. The summed E-state index contributed by atoms with van der Waals surface area (Å²) in [5, 5.41) is 4.24. The highest BCUT2D eigenvalue weighted by Gasteiger charge is 2.27. The van der Waals surface area contributed by atoms with Gasteiger partial charge >= 0.3 is 0 Å². The van der Waals surface area contributed by atoms with Crippen molar-refractivity contribution in [1.29, 1.82) is 0 Å². The van der Waals surface area contributed by atoms with Gasteiger partial charge in [0.15, 0.2) is 6.61 Å². The van der Waals surface area contributed by atoms with Crippen molar-refractivity contribution in [2.24, 2.45) is 0 Å². The molecule has 0 spiro atoms. The molecule has 1 N–H and O–H groups in total. The maximum absolute atomic E-state index is 13.1. The van der Waals surface area contributed by atoms with Crippen molar-refractivity contribution < 1.29 is 14.3 Å². The third-order valence-electron chi connectivity index (χ3n) is 4.63. The molecule has 168 valence electrons. The summed E-state index contributed by atoms with van der Waals surface area (Å²) in [5.74, 6) is -0.165. The molecule has 2 aromatic carbocycles. The molecule has 2 amide bonds. The van der Waals surface area contributed by atoms with Gasteiger partial charge < -0.3 is 15.0 Å². The lowest BCUT2D eigenvalue weighted by Crippen LogP contribution is -2.49. The van der Waals surface area contributed by atoms with E-state index in [2.05, 4.69) is 21.2 Å². The van der Waals surface area contributed by atoms with Crippen LogP contribution in [0.4, 0.5) is 0 Å². The van der Waals surface area contributed by atoms with Gasteiger partial charge in [0.05, 0.1) is 4.47 Å². The predicted octanol–water partition coefficient (Wildman–Crippen LogP) is 6.12. The van der Waals surface area contributed by atoms with Gasteiger partial charge in [-0.2, -0.15) is 0 Å². The van der Waals surface area contributed by atoms with E-state index in [9.17, 15) is 9.59 Å². The van der Waals surface area contributed by atoms with Crippen LogP contribution in [0.25, 0.3) is 0 Å². The van der Waals surface area contributed by atoms with Crippen LogP contribution in [0.3, 0.4) is 0 Å². The van der Waals surface area contributed by atoms with Crippen LogP contribution in [0.1, 0.15) is 32.3 Å². The number of carbonyl (C=O) groups excluding carboxylic acids is 2. The fourth-order valence-electron chi connectivity index (χ4n) is 2.79. The highest BCUT2D eigenvalue weighted by Crippen LogP contribution is 2.29. The normalized spacial score (nSPS) is 11.7. The van der Waals surface area contributed by atoms with Gasteiger partial charge in [-0.1, -0.05) is 54.2 Å². The molecule has 9 heteroatoms. The molecule has 0 bridgehead atoms. The van der Waals surface area contributed by atoms with Crippen molar-refractivity contribution in [2.75, 3.05) is 13.2 Å². The SMILES string of the molecule is CCCCNC(=O)[C@H](C)N(Cc1c(Cl)cccc1Cl)C(=O)COc1ccc(Cl)cc1Br. The highest BCUT2D eigenvalue weighted by molar-refractivity contribution is 9.10. The summed E-state index contributed by atoms with van der Waals surface area (Å²) < 4.78 is 6.29. The minimum absolute atomic E-state index is 0.0743. The summed E-state index contributed by atoms with van der Waals surface area (Å²) in [6.07, 6.45) is 1.81. The molecule has 0 aromatic heterocycles. The monoisotopic (exact) mass is 548 g/mol. The third kappa shape index (κ3) is 7.56. The highest BCUT2D eigenvalue weighted by atomic mass is 79.9. The topological polar surface area (TPSA) is 58.6 Å². The molecule has 2 rings (SSSR count). The second-order valence-corrected chi connectivity index (χ2v) is 9.01. The lowest BCUT2D eigenvalue weighted by atomic mass is 10.1. The van der Waals surface area contributed by atoms with Crippen LogP contribution < -0.4 is 10.1 Å². The molecule has 0 aliphatic heterocycles. The number of halogens is 4. The Balaban J connectivity index is 2.20. The average molecular weight is 551 g/mol. The van der Waals surface area contributed by atoms with E-state index in [1.54, 1.807) is 43.3 Å². The third-order valence-corrected chi connectivity index (χ3v) is 6.20. The first-order valence-corrected chi connectivity index (χ1v) is 11.7. The Hall–Kier alpha value is -1.47. The van der Waals surface area contributed by atoms with Crippen LogP contribution in [0.5, 0.6) is 5.75 Å². The minimum Gasteiger partial charge on any atom is -0.483 e. The van der Waals surface area contributed by atoms with E-state index >= 15 is 0 Å². The van der Waals surface area contributed by atoms with Crippen molar-refractivity contribution in [2.45, 2.75) is 39.3 Å². The Morgan fingerprint density at radius 1 is 1.16 bits per heavy atom. The van der Waals surface area contributed by atoms with Crippen LogP contribution in [0, 0.1) is 0 Å². The molecule has 5 nitrogen and oxygen atoms in total. The quantitative estimate of drug-likeness (QED) is 0.363. The van der Waals surface area contributed by atoms with Crippen LogP contribution in [0.2, 0.25) is 15.1 Å². The molecule has 0 aliphatic carbocycles. The van der Waals surface area contributed by atoms with Crippen molar-refractivity contribution in [3.05, 3.63) is 61.5 Å². The summed E-state index contributed by atoms with van der Waals surface area (Å²) in [4.78, 5) is 27.2. The molecule has 1 atom stereocenters. The van der Waals surface area contributed by atoms with Crippen molar-refractivity contribution >= 4 is 62.5 Å². The van der Waals surface area contributed by atoms with E-state index in [0.717, 1.165) is 12.8 Å². The standard InChI is InChI=1S/C22H24BrCl3N2O3/c1-3-4-10-27-22(30)14(2)28(12-16-18(25)6-5-7-19(16)26)21(29)13-31-20-9-8-15(24)11-17(20)23/h5-9,11,14H,3-4,10,12-13H2,1-2H3,(H,27,30)/t14-/m0/s1. The van der Waals surface area contributed by atoms with E-state index in [-0.39, 0.29) is 25.0 Å². The number of nitrogens with one attached hydrogen (secondary N) is 1. The van der Waals surface area contributed by atoms with Crippen LogP contribution >= 0.6 is 50.7 Å². The number of amides is 2. The molecule has 0 heterocycles. The summed E-state index contributed by atoms with van der Waals surface area (Å²) >= 11 is 21.9. The molecule has 0 fully saturated rings. The number of benzene rings is 2. The Kier molecular flexibility index (Phi) is 10.4. The maximum atomic E-state index is 13.1. The fraction of sp³-hybridized carbons (Fsp3) is 0.364. The zero-order valence-electron chi connectivity index (χ0n) is 17.3. The fourth-order valence-corrected chi connectivity index (χ4v) is 4.10. The summed E-state index contributed by atoms with van der Waals surface area (Å²) in [5.41, 5.74) is 0.570. The van der Waals surface area contributed by atoms with Gasteiger partial charge in [-0.3, -0.25) is 9.59 Å². The molecule has 0 saturated heterocycles. The zero-order valence-corrected chi connectivity index (χ0v) is 21.1.